The zero-order valence-corrected chi connectivity index (χ0v) is 18.0. The van der Waals surface area contributed by atoms with Crippen molar-refractivity contribution < 1.29 is 14.0 Å². The summed E-state index contributed by atoms with van der Waals surface area (Å²) in [4.78, 5) is 23.6. The van der Waals surface area contributed by atoms with Crippen LogP contribution in [0.3, 0.4) is 0 Å². The molecule has 166 valence electrons. The Morgan fingerprint density at radius 2 is 1.64 bits per heavy atom. The molecule has 0 fully saturated rings. The Balaban J connectivity index is 1.45. The van der Waals surface area contributed by atoms with Crippen LogP contribution in [-0.2, 0) is 4.79 Å². The van der Waals surface area contributed by atoms with Gasteiger partial charge in [-0.05, 0) is 74.5 Å². The van der Waals surface area contributed by atoms with Crippen LogP contribution < -0.4 is 11.1 Å². The molecule has 8 nitrogen and oxygen atoms in total. The lowest BCUT2D eigenvalue weighted by Crippen LogP contribution is -2.12. The average molecular weight is 444 g/mol. The molecular weight excluding hydrogens is 423 g/mol. The summed E-state index contributed by atoms with van der Waals surface area (Å²) in [5.41, 5.74) is 9.85. The number of amides is 2. The van der Waals surface area contributed by atoms with Crippen LogP contribution in [0.15, 0.2) is 66.9 Å². The van der Waals surface area contributed by atoms with E-state index in [0.29, 0.717) is 5.69 Å². The Labute approximate surface area is 189 Å². The van der Waals surface area contributed by atoms with E-state index >= 15 is 0 Å². The maximum Gasteiger partial charge on any atom is 0.269 e. The summed E-state index contributed by atoms with van der Waals surface area (Å²) in [6.45, 7) is 3.74. The van der Waals surface area contributed by atoms with Gasteiger partial charge in [-0.25, -0.2) is 13.8 Å². The molecule has 4 aromatic rings. The van der Waals surface area contributed by atoms with Gasteiger partial charge in [-0.2, -0.15) is 10.2 Å². The maximum atomic E-state index is 13.2. The van der Waals surface area contributed by atoms with Crippen molar-refractivity contribution in [2.24, 2.45) is 5.73 Å². The first kappa shape index (κ1) is 21.7. The van der Waals surface area contributed by atoms with Crippen molar-refractivity contribution in [1.82, 2.24) is 19.6 Å². The second kappa shape index (κ2) is 8.91. The number of nitrogens with zero attached hydrogens (tertiary/aromatic N) is 4. The van der Waals surface area contributed by atoms with Crippen LogP contribution in [-0.4, -0.2) is 31.4 Å². The number of aryl methyl sites for hydroxylation is 1. The topological polar surface area (TPSA) is 108 Å². The molecule has 3 N–H and O–H groups in total. The summed E-state index contributed by atoms with van der Waals surface area (Å²) < 4.78 is 16.4. The number of rotatable bonds is 6. The molecule has 0 bridgehead atoms. The van der Waals surface area contributed by atoms with Crippen molar-refractivity contribution in [2.45, 2.75) is 13.8 Å². The number of anilines is 1. The summed E-state index contributed by atoms with van der Waals surface area (Å²) in [5, 5.41) is 11.4. The molecule has 2 amide bonds. The Kier molecular flexibility index (Phi) is 5.86. The molecule has 2 heterocycles. The Bertz CT molecular complexity index is 1350. The molecule has 0 saturated heterocycles. The minimum atomic E-state index is -0.599. The van der Waals surface area contributed by atoms with Crippen LogP contribution in [0.2, 0.25) is 0 Å². The number of benzene rings is 2. The van der Waals surface area contributed by atoms with Crippen molar-refractivity contribution in [2.75, 3.05) is 5.32 Å². The first-order valence-electron chi connectivity index (χ1n) is 10.1. The van der Waals surface area contributed by atoms with E-state index in [1.807, 2.05) is 13.8 Å². The van der Waals surface area contributed by atoms with Gasteiger partial charge < -0.3 is 11.1 Å². The SMILES string of the molecule is Cc1nn(-c2ccc(F)cc2)c(C)c1/C=C/C(=O)Nc1ccc(-n2ccc(C(N)=O)n2)cc1. The van der Waals surface area contributed by atoms with Gasteiger partial charge in [0.1, 0.15) is 11.5 Å². The van der Waals surface area contributed by atoms with Gasteiger partial charge in [0.2, 0.25) is 5.91 Å². The molecule has 2 aromatic carbocycles. The number of primary amides is 1. The largest absolute Gasteiger partial charge is 0.364 e. The fraction of sp³-hybridized carbons (Fsp3) is 0.0833. The van der Waals surface area contributed by atoms with Crippen LogP contribution in [0.1, 0.15) is 27.4 Å². The van der Waals surface area contributed by atoms with Crippen molar-refractivity contribution >= 4 is 23.6 Å². The van der Waals surface area contributed by atoms with E-state index in [9.17, 15) is 14.0 Å². The number of nitrogens with two attached hydrogens (primary N) is 1. The molecule has 4 rings (SSSR count). The predicted molar refractivity (Wildman–Crippen MR) is 123 cm³/mol. The lowest BCUT2D eigenvalue weighted by molar-refractivity contribution is -0.111. The Hall–Kier alpha value is -4.53. The quantitative estimate of drug-likeness (QED) is 0.443. The van der Waals surface area contributed by atoms with Crippen LogP contribution >= 0.6 is 0 Å². The van der Waals surface area contributed by atoms with E-state index in [1.165, 1.54) is 29.0 Å². The summed E-state index contributed by atoms with van der Waals surface area (Å²) >= 11 is 0. The van der Waals surface area contributed by atoms with Gasteiger partial charge in [-0.3, -0.25) is 9.59 Å². The number of halogens is 1. The minimum absolute atomic E-state index is 0.172. The minimum Gasteiger partial charge on any atom is -0.364 e. The zero-order chi connectivity index (χ0) is 23.5. The number of carbonyl (C=O) groups is 2. The normalized spacial score (nSPS) is 11.1. The highest BCUT2D eigenvalue weighted by atomic mass is 19.1. The van der Waals surface area contributed by atoms with Gasteiger partial charge in [-0.15, -0.1) is 0 Å². The molecule has 0 aliphatic rings. The lowest BCUT2D eigenvalue weighted by atomic mass is 10.2. The smallest absolute Gasteiger partial charge is 0.269 e. The molecule has 0 aliphatic carbocycles. The lowest BCUT2D eigenvalue weighted by Gasteiger charge is -2.05. The van der Waals surface area contributed by atoms with E-state index < -0.39 is 5.91 Å². The van der Waals surface area contributed by atoms with Crippen molar-refractivity contribution in [3.63, 3.8) is 0 Å². The van der Waals surface area contributed by atoms with Crippen LogP contribution in [0, 0.1) is 19.7 Å². The van der Waals surface area contributed by atoms with Gasteiger partial charge in [0.25, 0.3) is 5.91 Å². The molecule has 0 aliphatic heterocycles. The average Bonchev–Trinajstić information content (AvgIpc) is 3.39. The fourth-order valence-electron chi connectivity index (χ4n) is 3.37. The Morgan fingerprint density at radius 1 is 0.970 bits per heavy atom. The Morgan fingerprint density at radius 3 is 2.27 bits per heavy atom. The van der Waals surface area contributed by atoms with E-state index in [0.717, 1.165) is 28.3 Å². The van der Waals surface area contributed by atoms with Crippen molar-refractivity contribution in [3.05, 3.63) is 95.3 Å². The van der Waals surface area contributed by atoms with E-state index in [2.05, 4.69) is 15.5 Å². The molecule has 9 heteroatoms. The number of carbonyl (C=O) groups excluding carboxylic acids is 2. The van der Waals surface area contributed by atoms with Crippen LogP contribution in [0.5, 0.6) is 0 Å². The molecular formula is C24H21FN6O2. The monoisotopic (exact) mass is 444 g/mol. The zero-order valence-electron chi connectivity index (χ0n) is 18.0. The second-order valence-electron chi connectivity index (χ2n) is 7.35. The number of hydrogen-bond acceptors (Lipinski definition) is 4. The summed E-state index contributed by atoms with van der Waals surface area (Å²) in [5.74, 6) is -1.21. The third-order valence-electron chi connectivity index (χ3n) is 5.06. The highest BCUT2D eigenvalue weighted by Crippen LogP contribution is 2.20. The van der Waals surface area contributed by atoms with E-state index in [-0.39, 0.29) is 17.4 Å². The maximum absolute atomic E-state index is 13.2. The van der Waals surface area contributed by atoms with Crippen LogP contribution in [0.25, 0.3) is 17.5 Å². The van der Waals surface area contributed by atoms with Crippen LogP contribution in [0.4, 0.5) is 10.1 Å². The third-order valence-corrected chi connectivity index (χ3v) is 5.06. The highest BCUT2D eigenvalue weighted by Gasteiger charge is 2.11. The summed E-state index contributed by atoms with van der Waals surface area (Å²) in [7, 11) is 0. The number of nitrogens with one attached hydrogen (secondary N) is 1. The highest BCUT2D eigenvalue weighted by molar-refractivity contribution is 6.02. The third kappa shape index (κ3) is 4.72. The summed E-state index contributed by atoms with van der Waals surface area (Å²) in [6, 6.07) is 14.6. The molecule has 0 atom stereocenters. The van der Waals surface area contributed by atoms with Crippen molar-refractivity contribution in [3.8, 4) is 11.4 Å². The number of hydrogen-bond donors (Lipinski definition) is 2. The van der Waals surface area contributed by atoms with E-state index in [1.54, 1.807) is 53.4 Å². The van der Waals surface area contributed by atoms with Gasteiger partial charge in [-0.1, -0.05) is 0 Å². The standard InChI is InChI=1S/C24H21FN6O2/c1-15-21(16(2)31(28-15)20-7-3-17(25)4-8-20)11-12-23(32)27-18-5-9-19(10-6-18)30-14-13-22(29-30)24(26)33/h3-14H,1-2H3,(H2,26,33)(H,27,32)/b12-11+. The first-order valence-corrected chi connectivity index (χ1v) is 10.1. The molecule has 2 aromatic heterocycles. The fourth-order valence-corrected chi connectivity index (χ4v) is 3.37. The molecule has 0 unspecified atom stereocenters. The van der Waals surface area contributed by atoms with Gasteiger partial charge in [0.15, 0.2) is 0 Å². The summed E-state index contributed by atoms with van der Waals surface area (Å²) in [6.07, 6.45) is 4.77. The molecule has 0 saturated carbocycles. The van der Waals surface area contributed by atoms with Gasteiger partial charge in [0, 0.05) is 29.2 Å². The second-order valence-corrected chi connectivity index (χ2v) is 7.35. The molecule has 0 spiro atoms. The predicted octanol–water partition coefficient (Wildman–Crippen LogP) is 3.56. The van der Waals surface area contributed by atoms with Gasteiger partial charge >= 0.3 is 0 Å². The molecule has 33 heavy (non-hydrogen) atoms. The van der Waals surface area contributed by atoms with Crippen molar-refractivity contribution in [1.29, 1.82) is 0 Å². The first-order chi connectivity index (χ1) is 15.8. The van der Waals surface area contributed by atoms with Gasteiger partial charge in [0.05, 0.1) is 17.1 Å². The molecule has 0 radical (unpaired) electrons. The number of aromatic nitrogens is 4. The van der Waals surface area contributed by atoms with E-state index in [4.69, 9.17) is 5.73 Å².